The molecule has 3 nitrogen and oxygen atoms in total. The fourth-order valence-corrected chi connectivity index (χ4v) is 2.80. The monoisotopic (exact) mass is 291 g/mol. The Bertz CT molecular complexity index is 563. The maximum Gasteiger partial charge on any atom is 0.161 e. The molecule has 0 aliphatic carbocycles. The van der Waals surface area contributed by atoms with Crippen LogP contribution in [-0.2, 0) is 13.0 Å². The van der Waals surface area contributed by atoms with E-state index in [2.05, 4.69) is 19.1 Å². The third-order valence-electron chi connectivity index (χ3n) is 3.15. The lowest BCUT2D eigenvalue weighted by Crippen LogP contribution is -2.05. The molecule has 108 valence electrons. The van der Waals surface area contributed by atoms with E-state index in [1.165, 1.54) is 9.75 Å². The van der Waals surface area contributed by atoms with Crippen molar-refractivity contribution in [3.8, 4) is 11.5 Å². The number of aryl methyl sites for hydroxylation is 1. The van der Waals surface area contributed by atoms with Crippen LogP contribution in [0.25, 0.3) is 0 Å². The number of nitrogens with two attached hydrogens (primary N) is 1. The van der Waals surface area contributed by atoms with Gasteiger partial charge in [-0.15, -0.1) is 11.3 Å². The van der Waals surface area contributed by atoms with Crippen LogP contribution in [-0.4, -0.2) is 7.11 Å². The van der Waals surface area contributed by atoms with Gasteiger partial charge in [0.05, 0.1) is 7.11 Å². The zero-order chi connectivity index (χ0) is 14.5. The minimum Gasteiger partial charge on any atom is -0.493 e. The van der Waals surface area contributed by atoms with Crippen molar-refractivity contribution in [2.45, 2.75) is 32.9 Å². The van der Waals surface area contributed by atoms with Crippen molar-refractivity contribution < 1.29 is 9.47 Å². The van der Waals surface area contributed by atoms with Crippen LogP contribution < -0.4 is 15.2 Å². The zero-order valence-electron chi connectivity index (χ0n) is 12.2. The highest BCUT2D eigenvalue weighted by Crippen LogP contribution is 2.31. The lowest BCUT2D eigenvalue weighted by atomic mass is 10.1. The number of hydrogen-bond donors (Lipinski definition) is 1. The van der Waals surface area contributed by atoms with Gasteiger partial charge in [0.25, 0.3) is 0 Å². The second-order valence-electron chi connectivity index (χ2n) is 4.71. The van der Waals surface area contributed by atoms with Gasteiger partial charge in [0.1, 0.15) is 6.61 Å². The Balaban J connectivity index is 2.08. The number of methoxy groups -OCH3 is 1. The van der Waals surface area contributed by atoms with Crippen molar-refractivity contribution in [3.05, 3.63) is 45.6 Å². The molecule has 2 N–H and O–H groups in total. The summed E-state index contributed by atoms with van der Waals surface area (Å²) in [5.74, 6) is 1.48. The van der Waals surface area contributed by atoms with E-state index in [4.69, 9.17) is 15.2 Å². The predicted octanol–water partition coefficient (Wildman–Crippen LogP) is 3.92. The van der Waals surface area contributed by atoms with E-state index < -0.39 is 0 Å². The summed E-state index contributed by atoms with van der Waals surface area (Å²) in [7, 11) is 1.65. The van der Waals surface area contributed by atoms with E-state index in [1.54, 1.807) is 18.4 Å². The van der Waals surface area contributed by atoms with Gasteiger partial charge in [-0.05, 0) is 43.2 Å². The zero-order valence-corrected chi connectivity index (χ0v) is 13.0. The molecule has 0 aliphatic rings. The molecule has 0 saturated carbocycles. The Labute approximate surface area is 124 Å². The van der Waals surface area contributed by atoms with Gasteiger partial charge < -0.3 is 15.2 Å². The van der Waals surface area contributed by atoms with Gasteiger partial charge in [-0.25, -0.2) is 0 Å². The molecule has 1 atom stereocenters. The highest BCUT2D eigenvalue weighted by atomic mass is 32.1. The summed E-state index contributed by atoms with van der Waals surface area (Å²) in [6.45, 7) is 4.68. The third kappa shape index (κ3) is 3.52. The van der Waals surface area contributed by atoms with Gasteiger partial charge in [-0.2, -0.15) is 0 Å². The van der Waals surface area contributed by atoms with Crippen LogP contribution in [0.5, 0.6) is 11.5 Å². The van der Waals surface area contributed by atoms with Crippen LogP contribution in [0.4, 0.5) is 0 Å². The molecule has 4 heteroatoms. The molecule has 0 radical (unpaired) electrons. The van der Waals surface area contributed by atoms with E-state index in [1.807, 2.05) is 25.1 Å². The van der Waals surface area contributed by atoms with Crippen molar-refractivity contribution in [3.63, 3.8) is 0 Å². The minimum absolute atomic E-state index is 0.0117. The molecule has 2 rings (SSSR count). The van der Waals surface area contributed by atoms with Gasteiger partial charge in [-0.1, -0.05) is 13.0 Å². The van der Waals surface area contributed by atoms with E-state index in [-0.39, 0.29) is 6.04 Å². The van der Waals surface area contributed by atoms with Crippen LogP contribution in [0.3, 0.4) is 0 Å². The molecule has 0 fully saturated rings. The van der Waals surface area contributed by atoms with Crippen LogP contribution in [0.1, 0.15) is 35.2 Å². The van der Waals surface area contributed by atoms with E-state index >= 15 is 0 Å². The summed E-state index contributed by atoms with van der Waals surface area (Å²) in [6, 6.07) is 10.1. The Kier molecular flexibility index (Phi) is 5.04. The van der Waals surface area contributed by atoms with Gasteiger partial charge in [-0.3, -0.25) is 0 Å². The topological polar surface area (TPSA) is 44.5 Å². The number of ether oxygens (including phenoxy) is 2. The fourth-order valence-electron chi connectivity index (χ4n) is 1.93. The molecule has 0 aliphatic heterocycles. The smallest absolute Gasteiger partial charge is 0.161 e. The van der Waals surface area contributed by atoms with Crippen LogP contribution in [0.15, 0.2) is 30.3 Å². The first-order valence-corrected chi connectivity index (χ1v) is 7.59. The molecular weight excluding hydrogens is 270 g/mol. The average molecular weight is 291 g/mol. The first kappa shape index (κ1) is 14.9. The number of rotatable bonds is 6. The molecule has 2 aromatic rings. The average Bonchev–Trinajstić information content (AvgIpc) is 2.92. The SMILES string of the molecule is CCc1ccc(COc2ccc([C@H](C)N)cc2OC)s1. The van der Waals surface area contributed by atoms with Crippen molar-refractivity contribution >= 4 is 11.3 Å². The van der Waals surface area contributed by atoms with Gasteiger partial charge in [0.15, 0.2) is 11.5 Å². The Morgan fingerprint density at radius 2 is 1.90 bits per heavy atom. The molecule has 0 unspecified atom stereocenters. The summed E-state index contributed by atoms with van der Waals surface area (Å²) >= 11 is 1.79. The summed E-state index contributed by atoms with van der Waals surface area (Å²) < 4.78 is 11.2. The quantitative estimate of drug-likeness (QED) is 0.877. The molecule has 1 aromatic carbocycles. The largest absolute Gasteiger partial charge is 0.493 e. The highest BCUT2D eigenvalue weighted by molar-refractivity contribution is 7.11. The van der Waals surface area contributed by atoms with Crippen molar-refractivity contribution in [1.29, 1.82) is 0 Å². The first-order valence-electron chi connectivity index (χ1n) is 6.78. The summed E-state index contributed by atoms with van der Waals surface area (Å²) in [4.78, 5) is 2.60. The normalized spacial score (nSPS) is 12.2. The molecular formula is C16H21NO2S. The van der Waals surface area contributed by atoms with E-state index in [0.29, 0.717) is 6.61 Å². The second-order valence-corrected chi connectivity index (χ2v) is 5.96. The van der Waals surface area contributed by atoms with Gasteiger partial charge in [0.2, 0.25) is 0 Å². The van der Waals surface area contributed by atoms with E-state index in [0.717, 1.165) is 23.5 Å². The maximum atomic E-state index is 5.88. The number of hydrogen-bond acceptors (Lipinski definition) is 4. The highest BCUT2D eigenvalue weighted by Gasteiger charge is 2.09. The number of benzene rings is 1. The Morgan fingerprint density at radius 1 is 1.15 bits per heavy atom. The van der Waals surface area contributed by atoms with Crippen LogP contribution >= 0.6 is 11.3 Å². The fraction of sp³-hybridized carbons (Fsp3) is 0.375. The van der Waals surface area contributed by atoms with Crippen molar-refractivity contribution in [1.82, 2.24) is 0 Å². The van der Waals surface area contributed by atoms with Crippen molar-refractivity contribution in [2.75, 3.05) is 7.11 Å². The van der Waals surface area contributed by atoms with Crippen molar-refractivity contribution in [2.24, 2.45) is 5.73 Å². The first-order chi connectivity index (χ1) is 9.63. The summed E-state index contributed by atoms with van der Waals surface area (Å²) in [5.41, 5.74) is 6.92. The molecule has 0 amide bonds. The predicted molar refractivity (Wildman–Crippen MR) is 83.6 cm³/mol. The standard InChI is InChI=1S/C16H21NO2S/c1-4-13-6-7-14(20-13)10-19-15-8-5-12(11(2)17)9-16(15)18-3/h5-9,11H,4,10,17H2,1-3H3/t11-/m0/s1. The number of thiophene rings is 1. The Hall–Kier alpha value is -1.52. The molecule has 0 bridgehead atoms. The lowest BCUT2D eigenvalue weighted by Gasteiger charge is -2.13. The maximum absolute atomic E-state index is 5.88. The minimum atomic E-state index is -0.0117. The van der Waals surface area contributed by atoms with Gasteiger partial charge >= 0.3 is 0 Å². The van der Waals surface area contributed by atoms with E-state index in [9.17, 15) is 0 Å². The second kappa shape index (κ2) is 6.77. The Morgan fingerprint density at radius 3 is 2.50 bits per heavy atom. The lowest BCUT2D eigenvalue weighted by molar-refractivity contribution is 0.287. The summed E-state index contributed by atoms with van der Waals surface area (Å²) in [6.07, 6.45) is 1.07. The van der Waals surface area contributed by atoms with Crippen LogP contribution in [0, 0.1) is 0 Å². The third-order valence-corrected chi connectivity index (χ3v) is 4.35. The molecule has 1 heterocycles. The van der Waals surface area contributed by atoms with Crippen LogP contribution in [0.2, 0.25) is 0 Å². The molecule has 0 spiro atoms. The van der Waals surface area contributed by atoms with Gasteiger partial charge in [0, 0.05) is 15.8 Å². The molecule has 20 heavy (non-hydrogen) atoms. The summed E-state index contributed by atoms with van der Waals surface area (Å²) in [5, 5.41) is 0. The molecule has 0 saturated heterocycles. The molecule has 1 aromatic heterocycles.